The molecule has 6 aromatic carbocycles. The summed E-state index contributed by atoms with van der Waals surface area (Å²) in [6, 6.07) is 41.0. The number of hydrogen-bond donors (Lipinski definition) is 0. The number of fused-ring (bicyclic) bond motifs is 4. The Morgan fingerprint density at radius 2 is 0.625 bits per heavy atom. The molecule has 8 rings (SSSR count). The van der Waals surface area contributed by atoms with E-state index < -0.39 is 0 Å². The van der Waals surface area contributed by atoms with Crippen LogP contribution in [-0.2, 0) is 0 Å². The maximum atomic E-state index is 13.3. The molecule has 0 atom stereocenters. The van der Waals surface area contributed by atoms with Crippen molar-refractivity contribution in [1.82, 2.24) is 0 Å². The Morgan fingerprint density at radius 3 is 1.00 bits per heavy atom. The van der Waals surface area contributed by atoms with Gasteiger partial charge in [-0.15, -0.1) is 0 Å². The van der Waals surface area contributed by atoms with Gasteiger partial charge in [-0.05, 0) is 33.4 Å². The van der Waals surface area contributed by atoms with Gasteiger partial charge in [-0.3, -0.25) is 19.2 Å². The van der Waals surface area contributed by atoms with E-state index in [0.29, 0.717) is 55.6 Å². The maximum Gasteiger partial charge on any atom is 0.195 e. The Bertz CT molecular complexity index is 2220. The fraction of sp³-hybridized carbons (Fsp3) is 0. The molecule has 6 aromatic rings. The van der Waals surface area contributed by atoms with Gasteiger partial charge in [0.2, 0.25) is 0 Å². The number of carbonyl (C=O) groups is 4. The minimum Gasteiger partial charge on any atom is -0.289 e. The van der Waals surface area contributed by atoms with Crippen molar-refractivity contribution in [2.75, 3.05) is 0 Å². The van der Waals surface area contributed by atoms with Crippen LogP contribution in [0.25, 0.3) is 35.4 Å². The van der Waals surface area contributed by atoms with Gasteiger partial charge in [-0.25, -0.2) is 0 Å². The molecule has 0 aromatic heterocycles. The summed E-state index contributed by atoms with van der Waals surface area (Å²) in [6.07, 6.45) is 7.68. The van der Waals surface area contributed by atoms with E-state index in [9.17, 15) is 19.2 Å². The predicted octanol–water partition coefficient (Wildman–Crippen LogP) is 9.25. The van der Waals surface area contributed by atoms with Gasteiger partial charge in [0.15, 0.2) is 23.1 Å². The van der Waals surface area contributed by atoms with Crippen molar-refractivity contribution in [3.63, 3.8) is 0 Å². The van der Waals surface area contributed by atoms with Crippen LogP contribution in [0.15, 0.2) is 133 Å². The predicted molar refractivity (Wildman–Crippen MR) is 189 cm³/mol. The molecular weight excluding hydrogens is 592 g/mol. The van der Waals surface area contributed by atoms with Crippen molar-refractivity contribution in [3.8, 4) is 11.1 Å². The molecular formula is C44H26O4. The van der Waals surface area contributed by atoms with E-state index in [2.05, 4.69) is 0 Å². The Labute approximate surface area is 277 Å². The normalized spacial score (nSPS) is 13.4. The minimum absolute atomic E-state index is 0.127. The second-order valence-electron chi connectivity index (χ2n) is 11.9. The first-order valence-electron chi connectivity index (χ1n) is 15.7. The van der Waals surface area contributed by atoms with E-state index in [4.69, 9.17) is 0 Å². The van der Waals surface area contributed by atoms with E-state index >= 15 is 0 Å². The molecule has 0 unspecified atom stereocenters. The van der Waals surface area contributed by atoms with E-state index in [-0.39, 0.29) is 23.1 Å². The van der Waals surface area contributed by atoms with Crippen LogP contribution in [0, 0.1) is 0 Å². The molecule has 0 heterocycles. The zero-order valence-electron chi connectivity index (χ0n) is 25.6. The number of benzene rings is 6. The molecule has 0 fully saturated rings. The summed E-state index contributed by atoms with van der Waals surface area (Å²) in [4.78, 5) is 52.8. The highest BCUT2D eigenvalue weighted by Crippen LogP contribution is 2.32. The van der Waals surface area contributed by atoms with Crippen molar-refractivity contribution < 1.29 is 19.2 Å². The second-order valence-corrected chi connectivity index (χ2v) is 11.9. The fourth-order valence-electron chi connectivity index (χ4n) is 6.57. The molecule has 226 valence electrons. The summed E-state index contributed by atoms with van der Waals surface area (Å²) in [5.41, 5.74) is 9.01. The van der Waals surface area contributed by atoms with E-state index in [1.165, 1.54) is 0 Å². The molecule has 0 N–H and O–H groups in total. The van der Waals surface area contributed by atoms with Gasteiger partial charge < -0.3 is 0 Å². The lowest BCUT2D eigenvalue weighted by Gasteiger charge is -2.19. The quantitative estimate of drug-likeness (QED) is 0.180. The summed E-state index contributed by atoms with van der Waals surface area (Å²) < 4.78 is 0. The van der Waals surface area contributed by atoms with Crippen molar-refractivity contribution in [2.45, 2.75) is 0 Å². The number of rotatable bonds is 5. The lowest BCUT2D eigenvalue weighted by molar-refractivity contribution is 0.0979. The average molecular weight is 619 g/mol. The Hall–Kier alpha value is -6.52. The van der Waals surface area contributed by atoms with Gasteiger partial charge in [0, 0.05) is 44.5 Å². The second kappa shape index (κ2) is 11.7. The lowest BCUT2D eigenvalue weighted by atomic mass is 9.82. The van der Waals surface area contributed by atoms with Crippen molar-refractivity contribution in [1.29, 1.82) is 0 Å². The molecule has 0 radical (unpaired) electrons. The first-order valence-corrected chi connectivity index (χ1v) is 15.7. The summed E-state index contributed by atoms with van der Waals surface area (Å²) >= 11 is 0. The van der Waals surface area contributed by atoms with Crippen LogP contribution in [-0.4, -0.2) is 23.1 Å². The monoisotopic (exact) mass is 618 g/mol. The summed E-state index contributed by atoms with van der Waals surface area (Å²) in [7, 11) is 0. The van der Waals surface area contributed by atoms with Crippen LogP contribution in [0.2, 0.25) is 0 Å². The van der Waals surface area contributed by atoms with Crippen LogP contribution in [0.3, 0.4) is 0 Å². The fourth-order valence-corrected chi connectivity index (χ4v) is 6.57. The summed E-state index contributed by atoms with van der Waals surface area (Å²) in [5.74, 6) is -0.519. The highest BCUT2D eigenvalue weighted by Gasteiger charge is 2.31. The number of carbonyl (C=O) groups excluding carboxylic acids is 4. The zero-order valence-corrected chi connectivity index (χ0v) is 25.6. The lowest BCUT2D eigenvalue weighted by Crippen LogP contribution is -2.21. The molecule has 4 heteroatoms. The standard InChI is InChI=1S/C44H26O4/c45-41-33-9-1-3-11-35(33)43(47)39-31(7-5-13-37(39)41)25-19-27-15-21-29(22-16-27)30-23-17-28(18-24-30)20-26-32-8-6-14-38-40(32)44(48)36-12-4-2-10-34(36)42(38)46/h1-26H/b25-19+,26-20+. The van der Waals surface area contributed by atoms with E-state index in [1.807, 2.05) is 97.1 Å². The minimum atomic E-state index is -0.133. The topological polar surface area (TPSA) is 68.3 Å². The molecule has 0 aliphatic heterocycles. The van der Waals surface area contributed by atoms with Crippen LogP contribution in [0.4, 0.5) is 0 Å². The Balaban J connectivity index is 0.995. The van der Waals surface area contributed by atoms with Gasteiger partial charge in [0.1, 0.15) is 0 Å². The van der Waals surface area contributed by atoms with Crippen LogP contribution in [0.1, 0.15) is 85.9 Å². The number of ketones is 4. The third-order valence-corrected chi connectivity index (χ3v) is 9.03. The largest absolute Gasteiger partial charge is 0.289 e. The SMILES string of the molecule is O=C1c2ccccc2C(=O)c2c(/C=C/c3ccc(-c4ccc(/C=C/c5cccc6c5C(=O)c5ccccc5C6=O)cc4)cc3)cccc21. The van der Waals surface area contributed by atoms with E-state index in [1.54, 1.807) is 60.7 Å². The number of hydrogen-bond acceptors (Lipinski definition) is 4. The first kappa shape index (κ1) is 28.9. The first-order chi connectivity index (χ1) is 23.5. The van der Waals surface area contributed by atoms with Crippen molar-refractivity contribution >= 4 is 47.4 Å². The van der Waals surface area contributed by atoms with Gasteiger partial charge in [0.25, 0.3) is 0 Å². The average Bonchev–Trinajstić information content (AvgIpc) is 3.14. The smallest absolute Gasteiger partial charge is 0.195 e. The highest BCUT2D eigenvalue weighted by atomic mass is 16.1. The molecule has 48 heavy (non-hydrogen) atoms. The third kappa shape index (κ3) is 4.88. The maximum absolute atomic E-state index is 13.3. The highest BCUT2D eigenvalue weighted by molar-refractivity contribution is 6.30. The molecule has 2 aliphatic carbocycles. The van der Waals surface area contributed by atoms with Crippen LogP contribution in [0.5, 0.6) is 0 Å². The van der Waals surface area contributed by atoms with Gasteiger partial charge in [-0.2, -0.15) is 0 Å². The molecule has 0 spiro atoms. The van der Waals surface area contributed by atoms with E-state index in [0.717, 1.165) is 22.3 Å². The van der Waals surface area contributed by atoms with Gasteiger partial charge >= 0.3 is 0 Å². The van der Waals surface area contributed by atoms with Gasteiger partial charge in [-0.1, -0.05) is 158 Å². The molecule has 0 saturated carbocycles. The summed E-state index contributed by atoms with van der Waals surface area (Å²) in [5, 5.41) is 0. The van der Waals surface area contributed by atoms with Crippen molar-refractivity contribution in [3.05, 3.63) is 200 Å². The molecule has 0 bridgehead atoms. The molecule has 2 aliphatic rings. The third-order valence-electron chi connectivity index (χ3n) is 9.03. The van der Waals surface area contributed by atoms with Crippen LogP contribution >= 0.6 is 0 Å². The Kier molecular flexibility index (Phi) is 7.04. The molecule has 0 saturated heterocycles. The van der Waals surface area contributed by atoms with Gasteiger partial charge in [0.05, 0.1) is 0 Å². The molecule has 0 amide bonds. The Morgan fingerprint density at radius 1 is 0.292 bits per heavy atom. The van der Waals surface area contributed by atoms with Crippen LogP contribution < -0.4 is 0 Å². The molecule has 4 nitrogen and oxygen atoms in total. The zero-order chi connectivity index (χ0) is 32.8. The van der Waals surface area contributed by atoms with Crippen molar-refractivity contribution in [2.24, 2.45) is 0 Å². The summed E-state index contributed by atoms with van der Waals surface area (Å²) in [6.45, 7) is 0.